The summed E-state index contributed by atoms with van der Waals surface area (Å²) in [5, 5.41) is 14.2. The summed E-state index contributed by atoms with van der Waals surface area (Å²) in [6.45, 7) is 6.76. The van der Waals surface area contributed by atoms with Gasteiger partial charge in [-0.3, -0.25) is 9.36 Å². The maximum atomic E-state index is 12.9. The lowest BCUT2D eigenvalue weighted by atomic mass is 10.1. The van der Waals surface area contributed by atoms with Gasteiger partial charge in [-0.25, -0.2) is 4.98 Å². The van der Waals surface area contributed by atoms with Crippen LogP contribution in [0.15, 0.2) is 53.3 Å². The number of benzene rings is 2. The van der Waals surface area contributed by atoms with Gasteiger partial charge in [-0.05, 0) is 43.2 Å². The van der Waals surface area contributed by atoms with Crippen LogP contribution in [0.25, 0.3) is 11.4 Å². The lowest BCUT2D eigenvalue weighted by Gasteiger charge is -2.15. The predicted molar refractivity (Wildman–Crippen MR) is 126 cm³/mol. The molecule has 0 saturated carbocycles. The Morgan fingerprint density at radius 2 is 1.85 bits per heavy atom. The molecule has 2 aromatic heterocycles. The number of aromatic amines is 1. The lowest BCUT2D eigenvalue weighted by molar-refractivity contribution is 0.306. The van der Waals surface area contributed by atoms with E-state index in [2.05, 4.69) is 27.5 Å². The zero-order valence-corrected chi connectivity index (χ0v) is 19.2. The second-order valence-corrected chi connectivity index (χ2v) is 8.06. The van der Waals surface area contributed by atoms with Crippen molar-refractivity contribution < 1.29 is 4.74 Å². The van der Waals surface area contributed by atoms with Crippen LogP contribution in [0.5, 0.6) is 5.75 Å². The van der Waals surface area contributed by atoms with Crippen molar-refractivity contribution in [3.8, 4) is 17.1 Å². The Morgan fingerprint density at radius 3 is 2.58 bits per heavy atom. The van der Waals surface area contributed by atoms with E-state index in [9.17, 15) is 4.79 Å². The molecule has 4 aromatic rings. The number of aromatic nitrogens is 6. The molecule has 0 unspecified atom stereocenters. The van der Waals surface area contributed by atoms with Gasteiger partial charge in [-0.15, -0.1) is 10.2 Å². The third kappa shape index (κ3) is 5.16. The van der Waals surface area contributed by atoms with Crippen molar-refractivity contribution in [1.29, 1.82) is 0 Å². The van der Waals surface area contributed by atoms with Crippen molar-refractivity contribution in [2.24, 2.45) is 0 Å². The number of nitrogens with one attached hydrogen (secondary N) is 1. The minimum atomic E-state index is 0.0343. The Balaban J connectivity index is 1.48. The van der Waals surface area contributed by atoms with Gasteiger partial charge >= 0.3 is 0 Å². The maximum absolute atomic E-state index is 12.9. The summed E-state index contributed by atoms with van der Waals surface area (Å²) in [4.78, 5) is 17.6. The molecule has 0 aliphatic heterocycles. The SMILES string of the molecule is CCCCc1nc(C)c(C)c(=O)n1Cc1ccc(OCc2ccccc2-c2nn[nH]n2)cc1. The summed E-state index contributed by atoms with van der Waals surface area (Å²) in [6, 6.07) is 15.7. The van der Waals surface area contributed by atoms with E-state index in [1.807, 2.05) is 62.4 Å². The molecule has 33 heavy (non-hydrogen) atoms. The number of unbranched alkanes of at least 4 members (excludes halogenated alkanes) is 1. The van der Waals surface area contributed by atoms with Crippen molar-refractivity contribution in [1.82, 2.24) is 30.2 Å². The summed E-state index contributed by atoms with van der Waals surface area (Å²) in [5.74, 6) is 2.14. The van der Waals surface area contributed by atoms with Crippen LogP contribution in [0.1, 0.15) is 48.0 Å². The van der Waals surface area contributed by atoms with E-state index in [0.29, 0.717) is 24.5 Å². The number of aryl methyl sites for hydroxylation is 2. The third-order valence-corrected chi connectivity index (χ3v) is 5.73. The molecule has 8 nitrogen and oxygen atoms in total. The van der Waals surface area contributed by atoms with Crippen molar-refractivity contribution in [2.45, 2.75) is 53.2 Å². The molecule has 0 saturated heterocycles. The number of nitrogens with zero attached hydrogens (tertiary/aromatic N) is 5. The number of ether oxygens (including phenoxy) is 1. The largest absolute Gasteiger partial charge is 0.489 e. The molecule has 0 amide bonds. The second kappa shape index (κ2) is 10.2. The highest BCUT2D eigenvalue weighted by molar-refractivity contribution is 5.59. The van der Waals surface area contributed by atoms with E-state index in [4.69, 9.17) is 9.72 Å². The van der Waals surface area contributed by atoms with Gasteiger partial charge in [0.15, 0.2) is 0 Å². The fourth-order valence-electron chi connectivity index (χ4n) is 3.68. The zero-order valence-electron chi connectivity index (χ0n) is 19.2. The molecule has 0 atom stereocenters. The first-order chi connectivity index (χ1) is 16.1. The van der Waals surface area contributed by atoms with Crippen LogP contribution in [0, 0.1) is 13.8 Å². The van der Waals surface area contributed by atoms with E-state index in [1.54, 1.807) is 4.57 Å². The van der Waals surface area contributed by atoms with Gasteiger partial charge in [-0.1, -0.05) is 49.7 Å². The number of hydrogen-bond acceptors (Lipinski definition) is 6. The molecule has 0 spiro atoms. The third-order valence-electron chi connectivity index (χ3n) is 5.73. The summed E-state index contributed by atoms with van der Waals surface area (Å²) in [5.41, 5.74) is 4.43. The number of tetrazole rings is 1. The van der Waals surface area contributed by atoms with Crippen molar-refractivity contribution in [3.63, 3.8) is 0 Å². The molecular weight excluding hydrogens is 416 g/mol. The van der Waals surface area contributed by atoms with Gasteiger partial charge in [0.2, 0.25) is 5.82 Å². The van der Waals surface area contributed by atoms with Crippen LogP contribution in [-0.2, 0) is 19.6 Å². The molecule has 0 bridgehead atoms. The van der Waals surface area contributed by atoms with Crippen LogP contribution < -0.4 is 10.3 Å². The van der Waals surface area contributed by atoms with Crippen LogP contribution in [0.4, 0.5) is 0 Å². The highest BCUT2D eigenvalue weighted by Gasteiger charge is 2.12. The molecule has 170 valence electrons. The minimum absolute atomic E-state index is 0.0343. The van der Waals surface area contributed by atoms with E-state index in [1.165, 1.54) is 0 Å². The maximum Gasteiger partial charge on any atom is 0.256 e. The van der Waals surface area contributed by atoms with Crippen LogP contribution in [0.2, 0.25) is 0 Å². The molecule has 1 N–H and O–H groups in total. The second-order valence-electron chi connectivity index (χ2n) is 8.06. The highest BCUT2D eigenvalue weighted by Crippen LogP contribution is 2.22. The summed E-state index contributed by atoms with van der Waals surface area (Å²) >= 11 is 0. The number of hydrogen-bond donors (Lipinski definition) is 1. The van der Waals surface area contributed by atoms with Crippen molar-refractivity contribution >= 4 is 0 Å². The van der Waals surface area contributed by atoms with E-state index < -0.39 is 0 Å². The molecule has 4 rings (SSSR count). The molecular formula is C25H28N6O2. The van der Waals surface area contributed by atoms with Crippen molar-refractivity contribution in [3.05, 3.63) is 87.1 Å². The molecule has 0 radical (unpaired) electrons. The molecule has 8 heteroatoms. The van der Waals surface area contributed by atoms with E-state index >= 15 is 0 Å². The monoisotopic (exact) mass is 444 g/mol. The average molecular weight is 445 g/mol. The molecule has 2 heterocycles. The van der Waals surface area contributed by atoms with Gasteiger partial charge < -0.3 is 4.74 Å². The summed E-state index contributed by atoms with van der Waals surface area (Å²) in [6.07, 6.45) is 2.87. The lowest BCUT2D eigenvalue weighted by Crippen LogP contribution is -2.28. The first-order valence-corrected chi connectivity index (χ1v) is 11.2. The Kier molecular flexibility index (Phi) is 6.92. The average Bonchev–Trinajstić information content (AvgIpc) is 3.38. The smallest absolute Gasteiger partial charge is 0.256 e. The van der Waals surface area contributed by atoms with E-state index in [-0.39, 0.29) is 5.56 Å². The fraction of sp³-hybridized carbons (Fsp3) is 0.320. The first-order valence-electron chi connectivity index (χ1n) is 11.2. The topological polar surface area (TPSA) is 98.6 Å². The fourth-order valence-corrected chi connectivity index (χ4v) is 3.68. The molecule has 0 aliphatic carbocycles. The van der Waals surface area contributed by atoms with Crippen LogP contribution >= 0.6 is 0 Å². The number of rotatable bonds is 9. The Labute approximate surface area is 192 Å². The van der Waals surface area contributed by atoms with Gasteiger partial charge in [0.05, 0.1) is 6.54 Å². The van der Waals surface area contributed by atoms with Crippen LogP contribution in [0.3, 0.4) is 0 Å². The zero-order chi connectivity index (χ0) is 23.2. The number of H-pyrrole nitrogens is 1. The Morgan fingerprint density at radius 1 is 1.06 bits per heavy atom. The van der Waals surface area contributed by atoms with Gasteiger partial charge in [0.25, 0.3) is 5.56 Å². The molecule has 0 fully saturated rings. The van der Waals surface area contributed by atoms with E-state index in [0.717, 1.165) is 53.2 Å². The van der Waals surface area contributed by atoms with Crippen molar-refractivity contribution in [2.75, 3.05) is 0 Å². The van der Waals surface area contributed by atoms with Crippen LogP contribution in [-0.4, -0.2) is 30.2 Å². The highest BCUT2D eigenvalue weighted by atomic mass is 16.5. The minimum Gasteiger partial charge on any atom is -0.489 e. The first kappa shape index (κ1) is 22.4. The Hall–Kier alpha value is -3.81. The molecule has 2 aromatic carbocycles. The van der Waals surface area contributed by atoms with Gasteiger partial charge in [-0.2, -0.15) is 5.21 Å². The Bertz CT molecular complexity index is 1260. The standard InChI is InChI=1S/C25H28N6O2/c1-4-5-10-23-26-18(3)17(2)25(32)31(23)15-19-11-13-21(14-12-19)33-16-20-8-6-7-9-22(20)24-27-29-30-28-24/h6-9,11-14H,4-5,10,15-16H2,1-3H3,(H,27,28,29,30). The quantitative estimate of drug-likeness (QED) is 0.419. The van der Waals surface area contributed by atoms with Gasteiger partial charge in [0.1, 0.15) is 18.2 Å². The summed E-state index contributed by atoms with van der Waals surface area (Å²) < 4.78 is 7.80. The van der Waals surface area contributed by atoms with Gasteiger partial charge in [0, 0.05) is 28.8 Å². The predicted octanol–water partition coefficient (Wildman–Crippen LogP) is 4.01. The summed E-state index contributed by atoms with van der Waals surface area (Å²) in [7, 11) is 0. The normalized spacial score (nSPS) is 11.0. The molecule has 0 aliphatic rings.